The maximum Gasteiger partial charge on any atom is 0.0948 e. The van der Waals surface area contributed by atoms with E-state index in [4.69, 9.17) is 23.2 Å². The van der Waals surface area contributed by atoms with Gasteiger partial charge >= 0.3 is 0 Å². The highest BCUT2D eigenvalue weighted by Gasteiger charge is 2.07. The number of nitrogens with one attached hydrogen (secondary N) is 1. The molecule has 0 fully saturated rings. The van der Waals surface area contributed by atoms with Crippen molar-refractivity contribution in [3.05, 3.63) is 46.2 Å². The van der Waals surface area contributed by atoms with Crippen LogP contribution in [0.2, 0.25) is 10.0 Å². The Morgan fingerprint density at radius 1 is 1.10 bits per heavy atom. The van der Waals surface area contributed by atoms with E-state index in [1.165, 1.54) is 0 Å². The summed E-state index contributed by atoms with van der Waals surface area (Å²) in [6.07, 6.45) is 6.95. The first-order valence-electron chi connectivity index (χ1n) is 6.55. The molecule has 0 spiro atoms. The molecule has 0 bridgehead atoms. The maximum absolute atomic E-state index is 6.09. The number of nitrogens with zero attached hydrogens (tertiary/aromatic N) is 3. The summed E-state index contributed by atoms with van der Waals surface area (Å²) in [5, 5.41) is 4.51. The summed E-state index contributed by atoms with van der Waals surface area (Å²) in [6, 6.07) is 0. The van der Waals surface area contributed by atoms with Crippen molar-refractivity contribution in [2.24, 2.45) is 5.92 Å². The van der Waals surface area contributed by atoms with Crippen molar-refractivity contribution in [1.82, 2.24) is 19.9 Å². The van der Waals surface area contributed by atoms with Crippen molar-refractivity contribution in [2.75, 3.05) is 0 Å². The van der Waals surface area contributed by atoms with Gasteiger partial charge in [-0.3, -0.25) is 4.98 Å². The van der Waals surface area contributed by atoms with E-state index in [0.29, 0.717) is 22.5 Å². The molecule has 2 heterocycles. The smallest absolute Gasteiger partial charge is 0.0948 e. The van der Waals surface area contributed by atoms with E-state index in [0.717, 1.165) is 24.3 Å². The van der Waals surface area contributed by atoms with Gasteiger partial charge in [0, 0.05) is 43.8 Å². The lowest BCUT2D eigenvalue weighted by Gasteiger charge is -2.12. The van der Waals surface area contributed by atoms with Crippen LogP contribution in [0.15, 0.2) is 24.9 Å². The SMILES string of the molecule is CC(C)Cn1cncc1CNCc1c(Cl)cncc1Cl. The molecule has 0 amide bonds. The highest BCUT2D eigenvalue weighted by atomic mass is 35.5. The zero-order valence-electron chi connectivity index (χ0n) is 11.6. The van der Waals surface area contributed by atoms with Crippen LogP contribution in [0.4, 0.5) is 0 Å². The van der Waals surface area contributed by atoms with E-state index >= 15 is 0 Å². The first-order chi connectivity index (χ1) is 9.58. The Morgan fingerprint density at radius 2 is 1.80 bits per heavy atom. The van der Waals surface area contributed by atoms with Crippen molar-refractivity contribution >= 4 is 23.2 Å². The predicted molar refractivity (Wildman–Crippen MR) is 81.9 cm³/mol. The van der Waals surface area contributed by atoms with Crippen LogP contribution in [-0.2, 0) is 19.6 Å². The fourth-order valence-electron chi connectivity index (χ4n) is 1.98. The summed E-state index contributed by atoms with van der Waals surface area (Å²) in [5.41, 5.74) is 2.03. The van der Waals surface area contributed by atoms with Crippen LogP contribution < -0.4 is 5.32 Å². The molecule has 1 N–H and O–H groups in total. The lowest BCUT2D eigenvalue weighted by molar-refractivity contribution is 0.500. The van der Waals surface area contributed by atoms with Crippen molar-refractivity contribution in [2.45, 2.75) is 33.5 Å². The van der Waals surface area contributed by atoms with E-state index in [1.54, 1.807) is 12.4 Å². The largest absolute Gasteiger partial charge is 0.333 e. The summed E-state index contributed by atoms with van der Waals surface area (Å²) in [4.78, 5) is 8.14. The highest BCUT2D eigenvalue weighted by molar-refractivity contribution is 6.35. The molecule has 0 aliphatic rings. The van der Waals surface area contributed by atoms with Crippen LogP contribution in [0.25, 0.3) is 0 Å². The molecule has 0 atom stereocenters. The molecule has 0 aromatic carbocycles. The Labute approximate surface area is 129 Å². The monoisotopic (exact) mass is 312 g/mol. The van der Waals surface area contributed by atoms with Gasteiger partial charge in [-0.2, -0.15) is 0 Å². The van der Waals surface area contributed by atoms with Gasteiger partial charge in [-0.15, -0.1) is 0 Å². The molecule has 0 aliphatic heterocycles. The van der Waals surface area contributed by atoms with Crippen LogP contribution in [0.1, 0.15) is 25.1 Å². The van der Waals surface area contributed by atoms with Gasteiger partial charge in [0.15, 0.2) is 0 Å². The van der Waals surface area contributed by atoms with Crippen molar-refractivity contribution < 1.29 is 0 Å². The predicted octanol–water partition coefficient (Wildman–Crippen LogP) is 3.53. The minimum atomic E-state index is 0.584. The van der Waals surface area contributed by atoms with E-state index in [-0.39, 0.29) is 0 Å². The normalized spacial score (nSPS) is 11.2. The lowest BCUT2D eigenvalue weighted by atomic mass is 10.2. The molecule has 4 nitrogen and oxygen atoms in total. The molecule has 0 radical (unpaired) electrons. The number of aromatic nitrogens is 3. The molecule has 6 heteroatoms. The average molecular weight is 313 g/mol. The Balaban J connectivity index is 1.95. The zero-order valence-corrected chi connectivity index (χ0v) is 13.1. The number of hydrogen-bond acceptors (Lipinski definition) is 3. The van der Waals surface area contributed by atoms with E-state index < -0.39 is 0 Å². The van der Waals surface area contributed by atoms with Crippen LogP contribution in [-0.4, -0.2) is 14.5 Å². The number of halogens is 2. The second kappa shape index (κ2) is 7.07. The van der Waals surface area contributed by atoms with E-state index in [1.807, 2.05) is 12.5 Å². The van der Waals surface area contributed by atoms with Gasteiger partial charge in [-0.1, -0.05) is 37.0 Å². The molecular formula is C14H18Cl2N4. The summed E-state index contributed by atoms with van der Waals surface area (Å²) in [7, 11) is 0. The molecule has 20 heavy (non-hydrogen) atoms. The maximum atomic E-state index is 6.09. The Bertz CT molecular complexity index is 546. The Hall–Kier alpha value is -1.10. The molecule has 2 rings (SSSR count). The van der Waals surface area contributed by atoms with Gasteiger partial charge in [0.25, 0.3) is 0 Å². The van der Waals surface area contributed by atoms with Crippen molar-refractivity contribution in [3.63, 3.8) is 0 Å². The Morgan fingerprint density at radius 3 is 2.45 bits per heavy atom. The quantitative estimate of drug-likeness (QED) is 0.887. The van der Waals surface area contributed by atoms with Crippen LogP contribution in [0, 0.1) is 5.92 Å². The molecule has 2 aromatic heterocycles. The fraction of sp³-hybridized carbons (Fsp3) is 0.429. The van der Waals surface area contributed by atoms with Gasteiger partial charge in [0.1, 0.15) is 0 Å². The second-order valence-corrected chi connectivity index (χ2v) is 5.93. The fourth-order valence-corrected chi connectivity index (χ4v) is 2.47. The van der Waals surface area contributed by atoms with E-state index in [2.05, 4.69) is 33.7 Å². The molecule has 0 saturated carbocycles. The van der Waals surface area contributed by atoms with E-state index in [9.17, 15) is 0 Å². The third-order valence-corrected chi connectivity index (χ3v) is 3.57. The average Bonchev–Trinajstić information content (AvgIpc) is 2.79. The number of pyridine rings is 1. The minimum Gasteiger partial charge on any atom is -0.333 e. The molecule has 0 saturated heterocycles. The third kappa shape index (κ3) is 3.95. The summed E-state index contributed by atoms with van der Waals surface area (Å²) >= 11 is 12.2. The molecule has 0 unspecified atom stereocenters. The minimum absolute atomic E-state index is 0.584. The van der Waals surface area contributed by atoms with Gasteiger partial charge in [-0.25, -0.2) is 4.98 Å². The number of rotatable bonds is 6. The molecule has 108 valence electrons. The van der Waals surface area contributed by atoms with Crippen molar-refractivity contribution in [1.29, 1.82) is 0 Å². The van der Waals surface area contributed by atoms with Gasteiger partial charge in [-0.05, 0) is 5.92 Å². The standard InChI is InChI=1S/C14H18Cl2N4/c1-10(2)8-20-9-19-4-11(20)3-17-5-12-13(15)6-18-7-14(12)16/h4,6-7,9-10,17H,3,5,8H2,1-2H3. The number of imidazole rings is 1. The summed E-state index contributed by atoms with van der Waals surface area (Å²) in [6.45, 7) is 6.67. The highest BCUT2D eigenvalue weighted by Crippen LogP contribution is 2.22. The second-order valence-electron chi connectivity index (χ2n) is 5.12. The van der Waals surface area contributed by atoms with Gasteiger partial charge < -0.3 is 9.88 Å². The first kappa shape index (κ1) is 15.3. The number of hydrogen-bond donors (Lipinski definition) is 1. The lowest BCUT2D eigenvalue weighted by Crippen LogP contribution is -2.17. The Kier molecular flexibility index (Phi) is 5.40. The first-order valence-corrected chi connectivity index (χ1v) is 7.31. The summed E-state index contributed by atoms with van der Waals surface area (Å²) in [5.74, 6) is 0.590. The third-order valence-electron chi connectivity index (χ3n) is 2.92. The zero-order chi connectivity index (χ0) is 14.5. The van der Waals surface area contributed by atoms with Crippen LogP contribution in [0.5, 0.6) is 0 Å². The van der Waals surface area contributed by atoms with Crippen molar-refractivity contribution in [3.8, 4) is 0 Å². The topological polar surface area (TPSA) is 42.7 Å². The van der Waals surface area contributed by atoms with Crippen LogP contribution >= 0.6 is 23.2 Å². The van der Waals surface area contributed by atoms with Gasteiger partial charge in [0.2, 0.25) is 0 Å². The molecular weight excluding hydrogens is 295 g/mol. The molecule has 0 aliphatic carbocycles. The van der Waals surface area contributed by atoms with Crippen LogP contribution in [0.3, 0.4) is 0 Å². The molecule has 2 aromatic rings. The summed E-state index contributed by atoms with van der Waals surface area (Å²) < 4.78 is 2.16. The van der Waals surface area contributed by atoms with Gasteiger partial charge in [0.05, 0.1) is 22.1 Å².